The quantitative estimate of drug-likeness (QED) is 0.873. The van der Waals surface area contributed by atoms with Gasteiger partial charge in [0.15, 0.2) is 0 Å². The molecule has 2 rings (SSSR count). The van der Waals surface area contributed by atoms with Crippen LogP contribution in [0.15, 0.2) is 18.2 Å². The van der Waals surface area contributed by atoms with Gasteiger partial charge in [0.05, 0.1) is 6.42 Å². The van der Waals surface area contributed by atoms with E-state index in [0.29, 0.717) is 5.02 Å². The summed E-state index contributed by atoms with van der Waals surface area (Å²) in [5.41, 5.74) is 2.23. The molecule has 0 radical (unpaired) electrons. The highest BCUT2D eigenvalue weighted by Gasteiger charge is 2.46. The van der Waals surface area contributed by atoms with Crippen LogP contribution in [0.5, 0.6) is 0 Å². The molecule has 0 saturated heterocycles. The Balaban J connectivity index is 2.38. The number of hydrogen-bond donors (Lipinski definition) is 1. The zero-order chi connectivity index (χ0) is 11.8. The van der Waals surface area contributed by atoms with E-state index in [-0.39, 0.29) is 11.8 Å². The topological polar surface area (TPSA) is 37.3 Å². The van der Waals surface area contributed by atoms with Gasteiger partial charge in [0.1, 0.15) is 0 Å². The standard InChI is InChI=1S/C13H15ClO2/c1-2-9-3-4-10(14)7-11(9)13(5-6-13)8-12(15)16/h3-4,7H,2,5-6,8H2,1H3,(H,15,16). The smallest absolute Gasteiger partial charge is 0.304 e. The molecule has 86 valence electrons. The predicted molar refractivity (Wildman–Crippen MR) is 64.0 cm³/mol. The van der Waals surface area contributed by atoms with Gasteiger partial charge in [-0.2, -0.15) is 0 Å². The molecule has 2 nitrogen and oxygen atoms in total. The number of hydrogen-bond acceptors (Lipinski definition) is 1. The van der Waals surface area contributed by atoms with Crippen LogP contribution < -0.4 is 0 Å². The summed E-state index contributed by atoms with van der Waals surface area (Å²) in [4.78, 5) is 10.9. The Labute approximate surface area is 100 Å². The minimum absolute atomic E-state index is 0.137. The van der Waals surface area contributed by atoms with Crippen LogP contribution in [-0.4, -0.2) is 11.1 Å². The number of aliphatic carboxylic acids is 1. The molecule has 1 aromatic rings. The largest absolute Gasteiger partial charge is 0.481 e. The first-order chi connectivity index (χ1) is 7.57. The van der Waals surface area contributed by atoms with Gasteiger partial charge in [-0.25, -0.2) is 0 Å². The highest BCUT2D eigenvalue weighted by atomic mass is 35.5. The molecular weight excluding hydrogens is 224 g/mol. The Morgan fingerprint density at radius 3 is 2.69 bits per heavy atom. The molecule has 1 fully saturated rings. The van der Waals surface area contributed by atoms with E-state index in [0.717, 1.165) is 24.8 Å². The van der Waals surface area contributed by atoms with E-state index in [1.54, 1.807) is 0 Å². The van der Waals surface area contributed by atoms with Gasteiger partial charge < -0.3 is 5.11 Å². The molecule has 1 aromatic carbocycles. The molecule has 0 amide bonds. The Morgan fingerprint density at radius 1 is 1.50 bits per heavy atom. The fraction of sp³-hybridized carbons (Fsp3) is 0.462. The molecule has 16 heavy (non-hydrogen) atoms. The van der Waals surface area contributed by atoms with Crippen molar-refractivity contribution in [1.82, 2.24) is 0 Å². The molecule has 1 aliphatic rings. The van der Waals surface area contributed by atoms with Gasteiger partial charge in [-0.05, 0) is 42.5 Å². The number of carboxylic acid groups (broad SMARTS) is 1. The summed E-state index contributed by atoms with van der Waals surface area (Å²) >= 11 is 6.00. The van der Waals surface area contributed by atoms with Crippen molar-refractivity contribution < 1.29 is 9.90 Å². The summed E-state index contributed by atoms with van der Waals surface area (Å²) in [6.45, 7) is 2.09. The van der Waals surface area contributed by atoms with E-state index in [1.165, 1.54) is 5.56 Å². The first kappa shape index (κ1) is 11.5. The fourth-order valence-corrected chi connectivity index (χ4v) is 2.50. The summed E-state index contributed by atoms with van der Waals surface area (Å²) in [5, 5.41) is 9.65. The van der Waals surface area contributed by atoms with Gasteiger partial charge in [0, 0.05) is 10.4 Å². The maximum atomic E-state index is 10.9. The van der Waals surface area contributed by atoms with E-state index < -0.39 is 5.97 Å². The monoisotopic (exact) mass is 238 g/mol. The van der Waals surface area contributed by atoms with Gasteiger partial charge in [0.2, 0.25) is 0 Å². The zero-order valence-corrected chi connectivity index (χ0v) is 10.0. The molecule has 1 N–H and O–H groups in total. The van der Waals surface area contributed by atoms with E-state index >= 15 is 0 Å². The zero-order valence-electron chi connectivity index (χ0n) is 9.29. The normalized spacial score (nSPS) is 17.1. The van der Waals surface area contributed by atoms with Gasteiger partial charge in [0.25, 0.3) is 0 Å². The van der Waals surface area contributed by atoms with Crippen LogP contribution in [0.25, 0.3) is 0 Å². The second kappa shape index (κ2) is 4.10. The Bertz CT molecular complexity index is 422. The minimum Gasteiger partial charge on any atom is -0.481 e. The van der Waals surface area contributed by atoms with E-state index in [4.69, 9.17) is 16.7 Å². The van der Waals surface area contributed by atoms with Crippen LogP contribution in [-0.2, 0) is 16.6 Å². The number of benzene rings is 1. The Hall–Kier alpha value is -1.02. The second-order valence-electron chi connectivity index (χ2n) is 4.51. The fourth-order valence-electron chi connectivity index (χ4n) is 2.33. The minimum atomic E-state index is -0.723. The summed E-state index contributed by atoms with van der Waals surface area (Å²) in [6, 6.07) is 5.83. The van der Waals surface area contributed by atoms with Crippen molar-refractivity contribution in [2.45, 2.75) is 38.0 Å². The average Bonchev–Trinajstić information content (AvgIpc) is 2.98. The summed E-state index contributed by atoms with van der Waals surface area (Å²) in [5.74, 6) is -0.723. The molecule has 1 saturated carbocycles. The Morgan fingerprint density at radius 2 is 2.19 bits per heavy atom. The third-order valence-corrected chi connectivity index (χ3v) is 3.60. The van der Waals surface area contributed by atoms with E-state index in [1.807, 2.05) is 18.2 Å². The maximum Gasteiger partial charge on any atom is 0.304 e. The summed E-state index contributed by atoms with van der Waals surface area (Å²) < 4.78 is 0. The van der Waals surface area contributed by atoms with Crippen LogP contribution in [0, 0.1) is 0 Å². The summed E-state index contributed by atoms with van der Waals surface area (Å²) in [7, 11) is 0. The first-order valence-corrected chi connectivity index (χ1v) is 5.96. The van der Waals surface area contributed by atoms with Crippen molar-refractivity contribution in [3.63, 3.8) is 0 Å². The van der Waals surface area contributed by atoms with Crippen LogP contribution in [0.2, 0.25) is 5.02 Å². The molecule has 0 bridgehead atoms. The molecule has 0 aliphatic heterocycles. The van der Waals surface area contributed by atoms with Gasteiger partial charge in [-0.15, -0.1) is 0 Å². The Kier molecular flexibility index (Phi) is 2.94. The van der Waals surface area contributed by atoms with Crippen LogP contribution in [0.3, 0.4) is 0 Å². The lowest BCUT2D eigenvalue weighted by atomic mass is 9.87. The van der Waals surface area contributed by atoms with Crippen LogP contribution in [0.4, 0.5) is 0 Å². The van der Waals surface area contributed by atoms with Crippen molar-refractivity contribution in [1.29, 1.82) is 0 Å². The lowest BCUT2D eigenvalue weighted by Crippen LogP contribution is -2.15. The van der Waals surface area contributed by atoms with Gasteiger partial charge in [-0.3, -0.25) is 4.79 Å². The summed E-state index contributed by atoms with van der Waals surface area (Å²) in [6.07, 6.45) is 3.08. The maximum absolute atomic E-state index is 10.9. The number of halogens is 1. The van der Waals surface area contributed by atoms with Crippen molar-refractivity contribution >= 4 is 17.6 Å². The third kappa shape index (κ3) is 2.07. The molecule has 0 spiro atoms. The SMILES string of the molecule is CCc1ccc(Cl)cc1C1(CC(=O)O)CC1. The second-order valence-corrected chi connectivity index (χ2v) is 4.94. The molecule has 0 heterocycles. The molecule has 0 atom stereocenters. The first-order valence-electron chi connectivity index (χ1n) is 5.58. The lowest BCUT2D eigenvalue weighted by Gasteiger charge is -2.17. The molecule has 0 unspecified atom stereocenters. The van der Waals surface area contributed by atoms with E-state index in [2.05, 4.69) is 6.92 Å². The molecule has 3 heteroatoms. The number of rotatable bonds is 4. The average molecular weight is 239 g/mol. The van der Waals surface area contributed by atoms with Gasteiger partial charge in [-0.1, -0.05) is 24.6 Å². The molecule has 0 aromatic heterocycles. The number of aryl methyl sites for hydroxylation is 1. The van der Waals surface area contributed by atoms with Crippen molar-refractivity contribution in [2.24, 2.45) is 0 Å². The number of carboxylic acids is 1. The van der Waals surface area contributed by atoms with Crippen molar-refractivity contribution in [3.8, 4) is 0 Å². The molecule has 1 aliphatic carbocycles. The van der Waals surface area contributed by atoms with Crippen LogP contribution >= 0.6 is 11.6 Å². The highest BCUT2D eigenvalue weighted by Crippen LogP contribution is 2.52. The van der Waals surface area contributed by atoms with Crippen molar-refractivity contribution in [2.75, 3.05) is 0 Å². The highest BCUT2D eigenvalue weighted by molar-refractivity contribution is 6.30. The molecular formula is C13H15ClO2. The number of carbonyl (C=O) groups is 1. The van der Waals surface area contributed by atoms with Crippen LogP contribution in [0.1, 0.15) is 37.3 Å². The van der Waals surface area contributed by atoms with Crippen molar-refractivity contribution in [3.05, 3.63) is 34.3 Å². The predicted octanol–water partition coefficient (Wildman–Crippen LogP) is 3.41. The lowest BCUT2D eigenvalue weighted by molar-refractivity contribution is -0.137. The van der Waals surface area contributed by atoms with E-state index in [9.17, 15) is 4.79 Å². The third-order valence-electron chi connectivity index (χ3n) is 3.37. The van der Waals surface area contributed by atoms with Gasteiger partial charge >= 0.3 is 5.97 Å².